The van der Waals surface area contributed by atoms with Gasteiger partial charge < -0.3 is 4.74 Å². The molecule has 0 saturated carbocycles. The predicted molar refractivity (Wildman–Crippen MR) is 50.9 cm³/mol. The zero-order chi connectivity index (χ0) is 6.81. The van der Waals surface area contributed by atoms with Crippen molar-refractivity contribution in [1.82, 2.24) is 0 Å². The Morgan fingerprint density at radius 3 is 2.54 bits per heavy atom. The second kappa shape index (κ2) is 8.06. The summed E-state index contributed by atoms with van der Waals surface area (Å²) < 4.78 is 5.34. The van der Waals surface area contributed by atoms with Crippen LogP contribution >= 0.6 is 0 Å². The van der Waals surface area contributed by atoms with Crippen molar-refractivity contribution in [2.24, 2.45) is 0 Å². The van der Waals surface area contributed by atoms with Crippen LogP contribution in [0.3, 0.4) is 0 Å². The third-order valence-corrected chi connectivity index (χ3v) is 1.55. The van der Waals surface area contributed by atoms with E-state index in [0.717, 1.165) is 5.75 Å². The summed E-state index contributed by atoms with van der Waals surface area (Å²) >= 11 is 0. The van der Waals surface area contributed by atoms with Gasteiger partial charge in [-0.1, -0.05) is 24.3 Å². The first-order chi connectivity index (χ1) is 4.97. The summed E-state index contributed by atoms with van der Waals surface area (Å²) in [5, 5.41) is 0. The van der Waals surface area contributed by atoms with Gasteiger partial charge in [0.2, 0.25) is 0 Å². The van der Waals surface area contributed by atoms with Gasteiger partial charge in [0, 0.05) is 49.0 Å². The summed E-state index contributed by atoms with van der Waals surface area (Å²) in [6.07, 6.45) is 4.10. The molecule has 0 atom stereocenters. The van der Waals surface area contributed by atoms with Gasteiger partial charge in [0.05, 0.1) is 0 Å². The fraction of sp³-hybridized carbons (Fsp3) is 0.111. The van der Waals surface area contributed by atoms with Crippen LogP contribution in [0.1, 0.15) is 5.56 Å². The van der Waals surface area contributed by atoms with Gasteiger partial charge in [0.15, 0.2) is 17.4 Å². The van der Waals surface area contributed by atoms with Gasteiger partial charge in [0.1, 0.15) is 12.4 Å². The van der Waals surface area contributed by atoms with Crippen molar-refractivity contribution in [2.45, 2.75) is 0 Å². The molecule has 73 valence electrons. The van der Waals surface area contributed by atoms with Gasteiger partial charge in [-0.15, -0.1) is 0 Å². The Morgan fingerprint density at radius 2 is 1.85 bits per heavy atom. The Balaban J connectivity index is 0. The van der Waals surface area contributed by atoms with Crippen LogP contribution in [0, 0.1) is 0 Å². The van der Waals surface area contributed by atoms with E-state index in [-0.39, 0.29) is 60.8 Å². The summed E-state index contributed by atoms with van der Waals surface area (Å²) in [4.78, 5) is 0. The van der Waals surface area contributed by atoms with Crippen molar-refractivity contribution in [3.63, 3.8) is 0 Å². The maximum absolute atomic E-state index is 5.34. The molecule has 1 aromatic rings. The van der Waals surface area contributed by atoms with Crippen LogP contribution in [0.2, 0.25) is 0 Å². The number of hydrogen-bond donors (Lipinski definition) is 0. The molecular weight excluding hydrogens is 444 g/mol. The van der Waals surface area contributed by atoms with Crippen molar-refractivity contribution >= 4 is 23.4 Å². The van der Waals surface area contributed by atoms with Gasteiger partial charge >= 0.3 is 0 Å². The second-order valence-corrected chi connectivity index (χ2v) is 2.25. The molecule has 1 radical (unpaired) electrons. The van der Waals surface area contributed by atoms with Crippen molar-refractivity contribution in [1.29, 1.82) is 0 Å². The summed E-state index contributed by atoms with van der Waals surface area (Å²) in [7, 11) is 0. The third-order valence-electron chi connectivity index (χ3n) is 1.55. The van der Waals surface area contributed by atoms with Crippen molar-refractivity contribution in [2.75, 3.05) is 6.61 Å². The zero-order valence-electron chi connectivity index (χ0n) is 6.29. The maximum Gasteiger partial charge on any atom is 0.187 e. The Hall–Kier alpha value is 0.721. The topological polar surface area (TPSA) is 9.23 Å². The molecule has 0 fully saturated rings. The van der Waals surface area contributed by atoms with Crippen LogP contribution in [-0.4, -0.2) is 24.0 Å². The molecule has 0 saturated heterocycles. The summed E-state index contributed by atoms with van der Waals surface area (Å²) in [6, 6.07) is 8.03. The molecule has 1 aliphatic rings. The SMILES string of the molecule is C1=Cc2ccccc2OC1.[AlH3].[Au].[Mo]. The van der Waals surface area contributed by atoms with E-state index in [0.29, 0.717) is 6.61 Å². The third kappa shape index (κ3) is 4.17. The Labute approximate surface area is 119 Å². The van der Waals surface area contributed by atoms with E-state index in [2.05, 4.69) is 6.08 Å². The fourth-order valence-corrected chi connectivity index (χ4v) is 1.06. The Kier molecular flexibility index (Phi) is 10.0. The van der Waals surface area contributed by atoms with Crippen LogP contribution in [0.5, 0.6) is 5.75 Å². The predicted octanol–water partition coefficient (Wildman–Crippen LogP) is 0.903. The smallest absolute Gasteiger partial charge is 0.187 e. The quantitative estimate of drug-likeness (QED) is 0.529. The average Bonchev–Trinajstić information content (AvgIpc) is 2.05. The summed E-state index contributed by atoms with van der Waals surface area (Å²) in [6.45, 7) is 0.705. The number of benzene rings is 1. The molecule has 0 aromatic heterocycles. The molecule has 13 heavy (non-hydrogen) atoms. The first-order valence-electron chi connectivity index (χ1n) is 3.35. The normalized spacial score (nSPS) is 10.8. The van der Waals surface area contributed by atoms with E-state index < -0.39 is 0 Å². The zero-order valence-corrected chi connectivity index (χ0v) is 10.5. The number of ether oxygens (including phenoxy) is 1. The molecule has 0 N–H and O–H groups in total. The summed E-state index contributed by atoms with van der Waals surface area (Å²) in [5.41, 5.74) is 1.17. The van der Waals surface area contributed by atoms with Crippen LogP contribution in [0.4, 0.5) is 0 Å². The van der Waals surface area contributed by atoms with Crippen molar-refractivity contribution < 1.29 is 48.2 Å². The monoisotopic (exact) mass is 457 g/mol. The molecule has 1 aromatic carbocycles. The minimum Gasteiger partial charge on any atom is -0.489 e. The molecular formula is C9H11AlAuMoO. The van der Waals surface area contributed by atoms with Gasteiger partial charge in [-0.3, -0.25) is 0 Å². The first kappa shape index (κ1) is 16.2. The van der Waals surface area contributed by atoms with Gasteiger partial charge in [-0.05, 0) is 12.1 Å². The van der Waals surface area contributed by atoms with E-state index in [1.54, 1.807) is 0 Å². The van der Waals surface area contributed by atoms with Crippen LogP contribution < -0.4 is 4.74 Å². The molecule has 1 aliphatic heterocycles. The maximum atomic E-state index is 5.34. The van der Waals surface area contributed by atoms with Gasteiger partial charge in [-0.25, -0.2) is 0 Å². The number of rotatable bonds is 0. The molecule has 4 heteroatoms. The standard InChI is InChI=1S/C9H8O.Al.Au.Mo.3H/c1-2-6-9-8(4-1)5-3-7-10-9;;;;;;/h1-6H,7H2;;;;;;. The van der Waals surface area contributed by atoms with Crippen LogP contribution in [0.25, 0.3) is 6.08 Å². The van der Waals surface area contributed by atoms with E-state index >= 15 is 0 Å². The van der Waals surface area contributed by atoms with Crippen LogP contribution in [-0.2, 0) is 43.4 Å². The molecule has 1 nitrogen and oxygen atoms in total. The van der Waals surface area contributed by atoms with Gasteiger partial charge in [0.25, 0.3) is 0 Å². The molecule has 1 heterocycles. The van der Waals surface area contributed by atoms with Crippen molar-refractivity contribution in [3.8, 4) is 5.75 Å². The average molecular weight is 455 g/mol. The number of hydrogen-bond acceptors (Lipinski definition) is 1. The first-order valence-corrected chi connectivity index (χ1v) is 3.35. The minimum absolute atomic E-state index is 0. The largest absolute Gasteiger partial charge is 0.489 e. The van der Waals surface area contributed by atoms with E-state index in [1.807, 2.05) is 30.3 Å². The molecule has 0 unspecified atom stereocenters. The van der Waals surface area contributed by atoms with Crippen molar-refractivity contribution in [3.05, 3.63) is 35.9 Å². The second-order valence-electron chi connectivity index (χ2n) is 2.25. The number of fused-ring (bicyclic) bond motifs is 1. The van der Waals surface area contributed by atoms with E-state index in [4.69, 9.17) is 4.74 Å². The fourth-order valence-electron chi connectivity index (χ4n) is 1.06. The molecule has 2 rings (SSSR count). The number of para-hydroxylation sites is 1. The Morgan fingerprint density at radius 1 is 1.15 bits per heavy atom. The van der Waals surface area contributed by atoms with Gasteiger partial charge in [-0.2, -0.15) is 0 Å². The molecule has 0 amide bonds. The van der Waals surface area contributed by atoms with E-state index in [1.165, 1.54) is 5.56 Å². The Bertz CT molecular complexity index is 278. The molecule has 0 aliphatic carbocycles. The molecule has 0 spiro atoms. The molecule has 0 bridgehead atoms. The summed E-state index contributed by atoms with van der Waals surface area (Å²) in [5.74, 6) is 0.991. The van der Waals surface area contributed by atoms with Crippen LogP contribution in [0.15, 0.2) is 30.3 Å². The minimum atomic E-state index is 0. The van der Waals surface area contributed by atoms with E-state index in [9.17, 15) is 0 Å².